The van der Waals surface area contributed by atoms with Crippen LogP contribution in [0, 0.1) is 0 Å². The van der Waals surface area contributed by atoms with E-state index in [-0.39, 0.29) is 6.04 Å². The van der Waals surface area contributed by atoms with E-state index in [0.717, 1.165) is 10.8 Å². The van der Waals surface area contributed by atoms with Crippen molar-refractivity contribution >= 4 is 17.2 Å². The van der Waals surface area contributed by atoms with Gasteiger partial charge in [-0.05, 0) is 19.1 Å². The molecule has 1 atom stereocenters. The number of nitrogens with one attached hydrogen (secondary N) is 1. The summed E-state index contributed by atoms with van der Waals surface area (Å²) >= 11 is 1.63. The lowest BCUT2D eigenvalue weighted by atomic mass is 10.3. The lowest BCUT2D eigenvalue weighted by Crippen LogP contribution is -2.07. The smallest absolute Gasteiger partial charge is 0.149 e. The van der Waals surface area contributed by atoms with Gasteiger partial charge in [0.15, 0.2) is 0 Å². The zero-order chi connectivity index (χ0) is 9.80. The molecule has 1 N–H and O–H groups in total. The van der Waals surface area contributed by atoms with E-state index in [4.69, 9.17) is 0 Å². The van der Waals surface area contributed by atoms with Crippen LogP contribution < -0.4 is 5.32 Å². The van der Waals surface area contributed by atoms with E-state index < -0.39 is 0 Å². The summed E-state index contributed by atoms with van der Waals surface area (Å²) in [6.45, 7) is 2.05. The van der Waals surface area contributed by atoms with Crippen molar-refractivity contribution in [3.63, 3.8) is 0 Å². The molecule has 0 saturated heterocycles. The molecule has 2 heterocycles. The Bertz CT molecular complexity index is 373. The van der Waals surface area contributed by atoms with Gasteiger partial charge in [-0.2, -0.15) is 5.10 Å². The molecule has 2 rings (SSSR count). The minimum absolute atomic E-state index is 0.173. The Morgan fingerprint density at radius 2 is 2.36 bits per heavy atom. The number of aromatic nitrogens is 3. The number of thiazole rings is 1. The maximum Gasteiger partial charge on any atom is 0.149 e. The maximum absolute atomic E-state index is 4.22. The molecule has 5 heteroatoms. The summed E-state index contributed by atoms with van der Waals surface area (Å²) in [5, 5.41) is 14.0. The molecule has 1 unspecified atom stereocenters. The molecule has 0 aliphatic heterocycles. The minimum Gasteiger partial charge on any atom is -0.360 e. The van der Waals surface area contributed by atoms with Crippen LogP contribution in [-0.4, -0.2) is 15.2 Å². The van der Waals surface area contributed by atoms with E-state index in [1.807, 2.05) is 24.4 Å². The predicted octanol–water partition coefficient (Wildman–Crippen LogP) is 2.11. The fraction of sp³-hybridized carbons (Fsp3) is 0.222. The van der Waals surface area contributed by atoms with Crippen LogP contribution in [0.4, 0.5) is 5.82 Å². The molecule has 72 valence electrons. The summed E-state index contributed by atoms with van der Waals surface area (Å²) in [5.41, 5.74) is 0. The molecule has 0 fully saturated rings. The van der Waals surface area contributed by atoms with Crippen molar-refractivity contribution in [1.82, 2.24) is 15.2 Å². The highest BCUT2D eigenvalue weighted by Crippen LogP contribution is 2.18. The first kappa shape index (κ1) is 9.08. The Morgan fingerprint density at radius 1 is 1.43 bits per heavy atom. The van der Waals surface area contributed by atoms with E-state index >= 15 is 0 Å². The van der Waals surface area contributed by atoms with Crippen molar-refractivity contribution in [2.75, 3.05) is 5.32 Å². The highest BCUT2D eigenvalue weighted by atomic mass is 32.1. The topological polar surface area (TPSA) is 50.7 Å². The van der Waals surface area contributed by atoms with Gasteiger partial charge >= 0.3 is 0 Å². The maximum atomic E-state index is 4.22. The first-order chi connectivity index (χ1) is 6.86. The average Bonchev–Trinajstić information content (AvgIpc) is 2.72. The third kappa shape index (κ3) is 2.05. The first-order valence-corrected chi connectivity index (χ1v) is 5.18. The monoisotopic (exact) mass is 206 g/mol. The van der Waals surface area contributed by atoms with Crippen molar-refractivity contribution in [2.24, 2.45) is 0 Å². The van der Waals surface area contributed by atoms with Gasteiger partial charge in [0.05, 0.1) is 6.04 Å². The SMILES string of the molecule is CC(Nc1cccnn1)c1nccs1. The highest BCUT2D eigenvalue weighted by Gasteiger charge is 2.07. The van der Waals surface area contributed by atoms with Gasteiger partial charge in [0.1, 0.15) is 10.8 Å². The standard InChI is InChI=1S/C9H10N4S/c1-7(9-10-5-6-14-9)12-8-3-2-4-11-13-8/h2-7H,1H3,(H,12,13). The van der Waals surface area contributed by atoms with Crippen molar-refractivity contribution in [1.29, 1.82) is 0 Å². The van der Waals surface area contributed by atoms with E-state index in [1.165, 1.54) is 0 Å². The third-order valence-electron chi connectivity index (χ3n) is 1.76. The molecule has 14 heavy (non-hydrogen) atoms. The van der Waals surface area contributed by atoms with Crippen LogP contribution in [0.25, 0.3) is 0 Å². The molecule has 0 saturated carbocycles. The van der Waals surface area contributed by atoms with Gasteiger partial charge < -0.3 is 5.32 Å². The second kappa shape index (κ2) is 4.15. The molecule has 0 radical (unpaired) electrons. The Hall–Kier alpha value is -1.49. The lowest BCUT2D eigenvalue weighted by molar-refractivity contribution is 0.849. The van der Waals surface area contributed by atoms with Crippen LogP contribution in [0.3, 0.4) is 0 Å². The summed E-state index contributed by atoms with van der Waals surface area (Å²) < 4.78 is 0. The van der Waals surface area contributed by atoms with Crippen LogP contribution in [-0.2, 0) is 0 Å². The quantitative estimate of drug-likeness (QED) is 0.835. The summed E-state index contributed by atoms with van der Waals surface area (Å²) in [6, 6.07) is 3.91. The van der Waals surface area contributed by atoms with E-state index in [9.17, 15) is 0 Å². The minimum atomic E-state index is 0.173. The summed E-state index contributed by atoms with van der Waals surface area (Å²) in [7, 11) is 0. The average molecular weight is 206 g/mol. The summed E-state index contributed by atoms with van der Waals surface area (Å²) in [4.78, 5) is 4.22. The van der Waals surface area contributed by atoms with Crippen molar-refractivity contribution in [2.45, 2.75) is 13.0 Å². The Morgan fingerprint density at radius 3 is 3.00 bits per heavy atom. The zero-order valence-corrected chi connectivity index (χ0v) is 8.53. The third-order valence-corrected chi connectivity index (χ3v) is 2.72. The molecule has 2 aromatic rings. The Kier molecular flexibility index (Phi) is 2.69. The van der Waals surface area contributed by atoms with Crippen molar-refractivity contribution in [3.05, 3.63) is 34.9 Å². The molecule has 2 aromatic heterocycles. The lowest BCUT2D eigenvalue weighted by Gasteiger charge is -2.10. The molecule has 0 aliphatic rings. The summed E-state index contributed by atoms with van der Waals surface area (Å²) in [5.74, 6) is 0.773. The van der Waals surface area contributed by atoms with E-state index in [1.54, 1.807) is 23.7 Å². The fourth-order valence-corrected chi connectivity index (χ4v) is 1.76. The van der Waals surface area contributed by atoms with Crippen molar-refractivity contribution in [3.8, 4) is 0 Å². The fourth-order valence-electron chi connectivity index (χ4n) is 1.11. The molecule has 0 aliphatic carbocycles. The second-order valence-electron chi connectivity index (χ2n) is 2.85. The van der Waals surface area contributed by atoms with E-state index in [2.05, 4.69) is 20.5 Å². The van der Waals surface area contributed by atoms with E-state index in [0.29, 0.717) is 0 Å². The number of hydrogen-bond acceptors (Lipinski definition) is 5. The van der Waals surface area contributed by atoms with Gasteiger partial charge in [-0.25, -0.2) is 4.98 Å². The number of hydrogen-bond donors (Lipinski definition) is 1. The van der Waals surface area contributed by atoms with Gasteiger partial charge in [-0.15, -0.1) is 16.4 Å². The molecule has 4 nitrogen and oxygen atoms in total. The number of anilines is 1. The van der Waals surface area contributed by atoms with Crippen LogP contribution in [0.5, 0.6) is 0 Å². The molecular formula is C9H10N4S. The zero-order valence-electron chi connectivity index (χ0n) is 7.71. The molecule has 0 aromatic carbocycles. The summed E-state index contributed by atoms with van der Waals surface area (Å²) in [6.07, 6.45) is 3.45. The predicted molar refractivity (Wildman–Crippen MR) is 56.2 cm³/mol. The van der Waals surface area contributed by atoms with Crippen LogP contribution in [0.1, 0.15) is 18.0 Å². The molecule has 0 bridgehead atoms. The Balaban J connectivity index is 2.06. The Labute approximate surface area is 86.0 Å². The highest BCUT2D eigenvalue weighted by molar-refractivity contribution is 7.09. The largest absolute Gasteiger partial charge is 0.360 e. The number of nitrogens with zero attached hydrogens (tertiary/aromatic N) is 3. The van der Waals surface area contributed by atoms with Gasteiger partial charge in [0, 0.05) is 17.8 Å². The molecule has 0 amide bonds. The normalized spacial score (nSPS) is 12.4. The van der Waals surface area contributed by atoms with Gasteiger partial charge in [0.25, 0.3) is 0 Å². The van der Waals surface area contributed by atoms with Gasteiger partial charge in [-0.1, -0.05) is 0 Å². The number of rotatable bonds is 3. The second-order valence-corrected chi connectivity index (χ2v) is 3.77. The molecular weight excluding hydrogens is 196 g/mol. The van der Waals surface area contributed by atoms with Gasteiger partial charge in [0.2, 0.25) is 0 Å². The van der Waals surface area contributed by atoms with Gasteiger partial charge in [-0.3, -0.25) is 0 Å². The van der Waals surface area contributed by atoms with Crippen molar-refractivity contribution < 1.29 is 0 Å². The van der Waals surface area contributed by atoms with Crippen LogP contribution >= 0.6 is 11.3 Å². The first-order valence-electron chi connectivity index (χ1n) is 4.30. The van der Waals surface area contributed by atoms with Crippen LogP contribution in [0.2, 0.25) is 0 Å². The van der Waals surface area contributed by atoms with Crippen LogP contribution in [0.15, 0.2) is 29.9 Å². The molecule has 0 spiro atoms.